The molecular formula is C11H12BrF3N2O. The molecule has 0 aliphatic heterocycles. The molecule has 1 unspecified atom stereocenters. The quantitative estimate of drug-likeness (QED) is 0.894. The smallest absolute Gasteiger partial charge is 0.384 e. The average molecular weight is 325 g/mol. The first-order valence-corrected chi connectivity index (χ1v) is 5.91. The van der Waals surface area contributed by atoms with Crippen LogP contribution >= 0.6 is 15.9 Å². The summed E-state index contributed by atoms with van der Waals surface area (Å²) in [5, 5.41) is 2.59. The van der Waals surface area contributed by atoms with Gasteiger partial charge in [-0.1, -0.05) is 22.9 Å². The Bertz CT molecular complexity index is 448. The highest BCUT2D eigenvalue weighted by molar-refractivity contribution is 9.10. The van der Waals surface area contributed by atoms with E-state index in [2.05, 4.69) is 21.2 Å². The van der Waals surface area contributed by atoms with E-state index < -0.39 is 23.6 Å². The van der Waals surface area contributed by atoms with Gasteiger partial charge in [-0.2, -0.15) is 13.2 Å². The van der Waals surface area contributed by atoms with Crippen molar-refractivity contribution in [3.63, 3.8) is 0 Å². The molecule has 0 radical (unpaired) electrons. The highest BCUT2D eigenvalue weighted by Gasteiger charge is 2.33. The summed E-state index contributed by atoms with van der Waals surface area (Å²) < 4.78 is 38.6. The molecule has 1 aromatic rings. The Hall–Kier alpha value is -1.24. The predicted molar refractivity (Wildman–Crippen MR) is 66.0 cm³/mol. The van der Waals surface area contributed by atoms with Crippen LogP contribution in [-0.4, -0.2) is 12.5 Å². The fourth-order valence-corrected chi connectivity index (χ4v) is 1.63. The van der Waals surface area contributed by atoms with Gasteiger partial charge in [0, 0.05) is 16.7 Å². The van der Waals surface area contributed by atoms with Gasteiger partial charge in [-0.05, 0) is 18.2 Å². The molecule has 0 aromatic heterocycles. The third-order valence-electron chi connectivity index (χ3n) is 2.37. The summed E-state index contributed by atoms with van der Waals surface area (Å²) in [6.07, 6.45) is -4.46. The Morgan fingerprint density at radius 3 is 2.61 bits per heavy atom. The van der Waals surface area contributed by atoms with Crippen LogP contribution in [0.5, 0.6) is 0 Å². The fraction of sp³-hybridized carbons (Fsp3) is 0.364. The van der Waals surface area contributed by atoms with Crippen molar-refractivity contribution in [2.75, 3.05) is 11.9 Å². The topological polar surface area (TPSA) is 55.1 Å². The lowest BCUT2D eigenvalue weighted by Gasteiger charge is -2.16. The number of benzene rings is 1. The van der Waals surface area contributed by atoms with Crippen LogP contribution in [-0.2, 0) is 11.0 Å². The van der Waals surface area contributed by atoms with E-state index in [0.717, 1.165) is 6.07 Å². The van der Waals surface area contributed by atoms with Crippen LogP contribution in [0.15, 0.2) is 22.7 Å². The lowest BCUT2D eigenvalue weighted by molar-refractivity contribution is -0.137. The fourth-order valence-electron chi connectivity index (χ4n) is 1.27. The molecule has 1 atom stereocenters. The number of nitrogens with two attached hydrogens (primary N) is 1. The Kier molecular flexibility index (Phi) is 4.61. The van der Waals surface area contributed by atoms with Crippen molar-refractivity contribution >= 4 is 27.5 Å². The van der Waals surface area contributed by atoms with Crippen molar-refractivity contribution in [1.82, 2.24) is 0 Å². The van der Waals surface area contributed by atoms with Crippen molar-refractivity contribution in [2.45, 2.75) is 13.1 Å². The minimum atomic E-state index is -4.46. The van der Waals surface area contributed by atoms with E-state index in [4.69, 9.17) is 5.73 Å². The number of carbonyl (C=O) groups excluding carboxylic acids is 1. The van der Waals surface area contributed by atoms with Gasteiger partial charge in [0.05, 0.1) is 11.5 Å². The Labute approximate surface area is 111 Å². The van der Waals surface area contributed by atoms with Crippen molar-refractivity contribution in [3.8, 4) is 0 Å². The number of amides is 1. The Morgan fingerprint density at radius 2 is 2.11 bits per heavy atom. The minimum absolute atomic E-state index is 0.0556. The number of halogens is 4. The van der Waals surface area contributed by atoms with Gasteiger partial charge in [-0.3, -0.25) is 4.79 Å². The van der Waals surface area contributed by atoms with E-state index in [-0.39, 0.29) is 12.2 Å². The molecule has 0 saturated carbocycles. The molecule has 0 aliphatic carbocycles. The van der Waals surface area contributed by atoms with Gasteiger partial charge in [-0.25, -0.2) is 0 Å². The summed E-state index contributed by atoms with van der Waals surface area (Å²) in [7, 11) is 0. The lowest BCUT2D eigenvalue weighted by atomic mass is 10.1. The summed E-state index contributed by atoms with van der Waals surface area (Å²) in [6, 6.07) is 3.78. The zero-order chi connectivity index (χ0) is 13.9. The van der Waals surface area contributed by atoms with Crippen LogP contribution in [0.2, 0.25) is 0 Å². The van der Waals surface area contributed by atoms with Crippen LogP contribution < -0.4 is 11.1 Å². The molecule has 1 aromatic carbocycles. The van der Waals surface area contributed by atoms with E-state index in [1.54, 1.807) is 6.92 Å². The standard InChI is InChI=1S/C11H12BrF3N2O/c1-6(10(16)18)5-17-9-3-2-7(12)4-8(9)11(13,14)15/h2-4,6,17H,5H2,1H3,(H2,16,18). The SMILES string of the molecule is CC(CNc1ccc(Br)cc1C(F)(F)F)C(N)=O. The molecule has 18 heavy (non-hydrogen) atoms. The van der Waals surface area contributed by atoms with Crippen LogP contribution in [0.25, 0.3) is 0 Å². The van der Waals surface area contributed by atoms with Gasteiger partial charge in [0.1, 0.15) is 0 Å². The van der Waals surface area contributed by atoms with E-state index in [1.807, 2.05) is 0 Å². The Balaban J connectivity index is 2.92. The predicted octanol–water partition coefficient (Wildman–Crippen LogP) is 3.00. The highest BCUT2D eigenvalue weighted by atomic mass is 79.9. The van der Waals surface area contributed by atoms with Crippen molar-refractivity contribution < 1.29 is 18.0 Å². The second-order valence-corrected chi connectivity index (χ2v) is 4.79. The molecule has 0 fully saturated rings. The summed E-state index contributed by atoms with van der Waals surface area (Å²) in [5.74, 6) is -1.11. The number of hydrogen-bond donors (Lipinski definition) is 2. The summed E-state index contributed by atoms with van der Waals surface area (Å²) in [6.45, 7) is 1.60. The molecule has 0 saturated heterocycles. The molecular weight excluding hydrogens is 313 g/mol. The summed E-state index contributed by atoms with van der Waals surface area (Å²) in [5.41, 5.74) is 4.19. The number of primary amides is 1. The molecule has 1 amide bonds. The largest absolute Gasteiger partial charge is 0.418 e. The van der Waals surface area contributed by atoms with E-state index in [0.29, 0.717) is 4.47 Å². The average Bonchev–Trinajstić information content (AvgIpc) is 2.25. The monoisotopic (exact) mass is 324 g/mol. The number of hydrogen-bond acceptors (Lipinski definition) is 2. The van der Waals surface area contributed by atoms with Crippen LogP contribution in [0, 0.1) is 5.92 Å². The molecule has 0 spiro atoms. The molecule has 7 heteroatoms. The Morgan fingerprint density at radius 1 is 1.50 bits per heavy atom. The molecule has 0 bridgehead atoms. The van der Waals surface area contributed by atoms with E-state index in [1.165, 1.54) is 12.1 Å². The molecule has 0 heterocycles. The maximum atomic E-state index is 12.8. The number of alkyl halides is 3. The first-order valence-electron chi connectivity index (χ1n) is 5.11. The second-order valence-electron chi connectivity index (χ2n) is 3.87. The number of rotatable bonds is 4. The zero-order valence-electron chi connectivity index (χ0n) is 9.51. The van der Waals surface area contributed by atoms with Crippen LogP contribution in [0.3, 0.4) is 0 Å². The first kappa shape index (κ1) is 14.8. The zero-order valence-corrected chi connectivity index (χ0v) is 11.1. The van der Waals surface area contributed by atoms with Crippen molar-refractivity contribution in [2.24, 2.45) is 11.7 Å². The molecule has 100 valence electrons. The number of carbonyl (C=O) groups is 1. The normalized spacial score (nSPS) is 13.2. The van der Waals surface area contributed by atoms with Crippen molar-refractivity contribution in [1.29, 1.82) is 0 Å². The third kappa shape index (κ3) is 3.90. The highest BCUT2D eigenvalue weighted by Crippen LogP contribution is 2.36. The van der Waals surface area contributed by atoms with Gasteiger partial charge in [0.25, 0.3) is 0 Å². The molecule has 0 aliphatic rings. The molecule has 3 nitrogen and oxygen atoms in total. The van der Waals surface area contributed by atoms with Gasteiger partial charge in [0.2, 0.25) is 5.91 Å². The molecule has 1 rings (SSSR count). The molecule has 3 N–H and O–H groups in total. The van der Waals surface area contributed by atoms with Crippen LogP contribution in [0.4, 0.5) is 18.9 Å². The number of nitrogens with one attached hydrogen (secondary N) is 1. The minimum Gasteiger partial charge on any atom is -0.384 e. The maximum absolute atomic E-state index is 12.8. The lowest BCUT2D eigenvalue weighted by Crippen LogP contribution is -2.27. The van der Waals surface area contributed by atoms with E-state index >= 15 is 0 Å². The van der Waals surface area contributed by atoms with E-state index in [9.17, 15) is 18.0 Å². The summed E-state index contributed by atoms with van der Waals surface area (Å²) in [4.78, 5) is 10.8. The maximum Gasteiger partial charge on any atom is 0.418 e. The van der Waals surface area contributed by atoms with Crippen LogP contribution in [0.1, 0.15) is 12.5 Å². The van der Waals surface area contributed by atoms with Gasteiger partial charge < -0.3 is 11.1 Å². The number of anilines is 1. The van der Waals surface area contributed by atoms with Gasteiger partial charge in [0.15, 0.2) is 0 Å². The second kappa shape index (κ2) is 5.60. The first-order chi connectivity index (χ1) is 8.21. The van der Waals surface area contributed by atoms with Gasteiger partial charge in [-0.15, -0.1) is 0 Å². The third-order valence-corrected chi connectivity index (χ3v) is 2.86. The van der Waals surface area contributed by atoms with Gasteiger partial charge >= 0.3 is 6.18 Å². The van der Waals surface area contributed by atoms with Crippen molar-refractivity contribution in [3.05, 3.63) is 28.2 Å². The summed E-state index contributed by atoms with van der Waals surface area (Å²) >= 11 is 2.99.